The summed E-state index contributed by atoms with van der Waals surface area (Å²) in [5, 5.41) is 4.21. The van der Waals surface area contributed by atoms with Crippen molar-refractivity contribution in [2.75, 3.05) is 12.8 Å². The molecule has 2 nitrogen and oxygen atoms in total. The van der Waals surface area contributed by atoms with E-state index in [1.54, 1.807) is 11.3 Å². The first kappa shape index (κ1) is 12.0. The summed E-state index contributed by atoms with van der Waals surface area (Å²) in [5.74, 6) is 0. The van der Waals surface area contributed by atoms with Gasteiger partial charge < -0.3 is 5.32 Å². The predicted molar refractivity (Wildman–Crippen MR) is 66.2 cm³/mol. The molecule has 0 spiro atoms. The van der Waals surface area contributed by atoms with E-state index in [-0.39, 0.29) is 0 Å². The molecule has 0 aromatic carbocycles. The number of nitrogens with zero attached hydrogens (tertiary/aromatic N) is 1. The maximum absolute atomic E-state index is 4.22. The highest BCUT2D eigenvalue weighted by atomic mass is 32.2. The van der Waals surface area contributed by atoms with Crippen LogP contribution >= 0.6 is 23.1 Å². The average Bonchev–Trinajstić information content (AvgIpc) is 2.58. The number of aryl methyl sites for hydroxylation is 1. The van der Waals surface area contributed by atoms with Crippen molar-refractivity contribution in [2.45, 2.75) is 32.1 Å². The molecule has 1 aromatic heterocycles. The maximum atomic E-state index is 4.22. The third-order valence-electron chi connectivity index (χ3n) is 2.26. The minimum Gasteiger partial charge on any atom is -0.312 e. The lowest BCUT2D eigenvalue weighted by Gasteiger charge is -2.08. The average molecular weight is 230 g/mol. The smallest absolute Gasteiger partial charge is 0.0798 e. The van der Waals surface area contributed by atoms with Crippen LogP contribution in [0.4, 0.5) is 0 Å². The minimum atomic E-state index is 0.755. The molecule has 14 heavy (non-hydrogen) atoms. The molecule has 1 heterocycles. The number of thioether (sulfide) groups is 1. The van der Waals surface area contributed by atoms with Gasteiger partial charge in [-0.25, -0.2) is 4.98 Å². The molecule has 0 saturated carbocycles. The largest absolute Gasteiger partial charge is 0.312 e. The third-order valence-corrected chi connectivity index (χ3v) is 4.24. The fraction of sp³-hybridized carbons (Fsp3) is 0.700. The molecule has 0 fully saturated rings. The van der Waals surface area contributed by atoms with Crippen molar-refractivity contribution in [3.63, 3.8) is 0 Å². The molecule has 1 rings (SSSR count). The zero-order valence-corrected chi connectivity index (χ0v) is 10.7. The standard InChI is InChI=1S/C10H18N2S2/c1-8(13-3)4-5-11-6-10-9(2)12-7-14-10/h7-8,11H,4-6H2,1-3H3. The second-order valence-electron chi connectivity index (χ2n) is 3.37. The van der Waals surface area contributed by atoms with Crippen LogP contribution in [0.15, 0.2) is 5.51 Å². The Morgan fingerprint density at radius 2 is 2.43 bits per heavy atom. The molecule has 0 aliphatic rings. The summed E-state index contributed by atoms with van der Waals surface area (Å²) in [5.41, 5.74) is 3.08. The van der Waals surface area contributed by atoms with E-state index in [1.165, 1.54) is 17.0 Å². The van der Waals surface area contributed by atoms with Crippen molar-refractivity contribution in [3.8, 4) is 0 Å². The van der Waals surface area contributed by atoms with Crippen LogP contribution in [0, 0.1) is 6.92 Å². The number of hydrogen-bond acceptors (Lipinski definition) is 4. The van der Waals surface area contributed by atoms with Crippen LogP contribution in [-0.4, -0.2) is 23.0 Å². The number of aromatic nitrogens is 1. The van der Waals surface area contributed by atoms with Gasteiger partial charge in [0.1, 0.15) is 0 Å². The van der Waals surface area contributed by atoms with Crippen LogP contribution in [0.1, 0.15) is 23.9 Å². The summed E-state index contributed by atoms with van der Waals surface area (Å²) in [6.07, 6.45) is 3.40. The molecule has 1 N–H and O–H groups in total. The lowest BCUT2D eigenvalue weighted by atomic mass is 10.3. The Morgan fingerprint density at radius 3 is 3.00 bits per heavy atom. The van der Waals surface area contributed by atoms with Crippen molar-refractivity contribution in [2.24, 2.45) is 0 Å². The van der Waals surface area contributed by atoms with Crippen LogP contribution in [0.25, 0.3) is 0 Å². The third kappa shape index (κ3) is 3.98. The van der Waals surface area contributed by atoms with E-state index in [9.17, 15) is 0 Å². The molecule has 0 radical (unpaired) electrons. The summed E-state index contributed by atoms with van der Waals surface area (Å²) >= 11 is 3.66. The molecule has 1 unspecified atom stereocenters. The maximum Gasteiger partial charge on any atom is 0.0798 e. The van der Waals surface area contributed by atoms with Gasteiger partial charge in [-0.05, 0) is 26.1 Å². The molecule has 4 heteroatoms. The zero-order valence-electron chi connectivity index (χ0n) is 9.04. The van der Waals surface area contributed by atoms with E-state index in [2.05, 4.69) is 30.4 Å². The summed E-state index contributed by atoms with van der Waals surface area (Å²) in [4.78, 5) is 5.58. The van der Waals surface area contributed by atoms with Gasteiger partial charge in [0.2, 0.25) is 0 Å². The van der Waals surface area contributed by atoms with Gasteiger partial charge in [0.25, 0.3) is 0 Å². The predicted octanol–water partition coefficient (Wildman–Crippen LogP) is 2.68. The van der Waals surface area contributed by atoms with Crippen LogP contribution in [0.5, 0.6) is 0 Å². The monoisotopic (exact) mass is 230 g/mol. The SMILES string of the molecule is CSC(C)CCNCc1scnc1C. The van der Waals surface area contributed by atoms with E-state index in [4.69, 9.17) is 0 Å². The number of thiazole rings is 1. The highest BCUT2D eigenvalue weighted by molar-refractivity contribution is 7.99. The van der Waals surface area contributed by atoms with Crippen LogP contribution in [0.3, 0.4) is 0 Å². The van der Waals surface area contributed by atoms with Gasteiger partial charge in [-0.1, -0.05) is 6.92 Å². The topological polar surface area (TPSA) is 24.9 Å². The lowest BCUT2D eigenvalue weighted by Crippen LogP contribution is -2.17. The summed E-state index contributed by atoms with van der Waals surface area (Å²) < 4.78 is 0. The molecule has 0 bridgehead atoms. The molecular formula is C10H18N2S2. The number of nitrogens with one attached hydrogen (secondary N) is 1. The molecule has 0 saturated heterocycles. The Bertz CT molecular complexity index is 260. The van der Waals surface area contributed by atoms with E-state index >= 15 is 0 Å². The first-order valence-electron chi connectivity index (χ1n) is 4.86. The van der Waals surface area contributed by atoms with Gasteiger partial charge in [0, 0.05) is 16.7 Å². The minimum absolute atomic E-state index is 0.755. The molecule has 0 amide bonds. The summed E-state index contributed by atoms with van der Waals surface area (Å²) in [6, 6.07) is 0. The van der Waals surface area contributed by atoms with Crippen LogP contribution in [0.2, 0.25) is 0 Å². The van der Waals surface area contributed by atoms with Gasteiger partial charge in [-0.2, -0.15) is 11.8 Å². The fourth-order valence-electron chi connectivity index (χ4n) is 1.12. The fourth-order valence-corrected chi connectivity index (χ4v) is 2.22. The van der Waals surface area contributed by atoms with Crippen LogP contribution < -0.4 is 5.32 Å². The Balaban J connectivity index is 2.13. The molecule has 0 aliphatic carbocycles. The highest BCUT2D eigenvalue weighted by Gasteiger charge is 2.01. The Hall–Kier alpha value is -0.0600. The van der Waals surface area contributed by atoms with Crippen molar-refractivity contribution in [1.29, 1.82) is 0 Å². The lowest BCUT2D eigenvalue weighted by molar-refractivity contribution is 0.650. The highest BCUT2D eigenvalue weighted by Crippen LogP contribution is 2.12. The van der Waals surface area contributed by atoms with E-state index in [0.717, 1.165) is 18.3 Å². The Labute approximate surface area is 94.5 Å². The molecule has 1 atom stereocenters. The molecule has 1 aromatic rings. The van der Waals surface area contributed by atoms with Crippen LogP contribution in [-0.2, 0) is 6.54 Å². The first-order chi connectivity index (χ1) is 6.74. The van der Waals surface area contributed by atoms with E-state index < -0.39 is 0 Å². The van der Waals surface area contributed by atoms with Crippen molar-refractivity contribution < 1.29 is 0 Å². The number of rotatable bonds is 6. The van der Waals surface area contributed by atoms with Gasteiger partial charge in [-0.3, -0.25) is 0 Å². The Morgan fingerprint density at radius 1 is 1.64 bits per heavy atom. The van der Waals surface area contributed by atoms with E-state index in [0.29, 0.717) is 0 Å². The first-order valence-corrected chi connectivity index (χ1v) is 7.03. The second-order valence-corrected chi connectivity index (χ2v) is 5.59. The normalized spacial score (nSPS) is 13.1. The Kier molecular flexibility index (Phi) is 5.52. The number of hydrogen-bond donors (Lipinski definition) is 1. The van der Waals surface area contributed by atoms with E-state index in [1.807, 2.05) is 17.3 Å². The zero-order chi connectivity index (χ0) is 10.4. The van der Waals surface area contributed by atoms with Gasteiger partial charge in [0.15, 0.2) is 0 Å². The summed E-state index contributed by atoms with van der Waals surface area (Å²) in [7, 11) is 0. The molecular weight excluding hydrogens is 212 g/mol. The van der Waals surface area contributed by atoms with Gasteiger partial charge >= 0.3 is 0 Å². The molecule has 80 valence electrons. The molecule has 0 aliphatic heterocycles. The van der Waals surface area contributed by atoms with Gasteiger partial charge in [-0.15, -0.1) is 11.3 Å². The van der Waals surface area contributed by atoms with Crippen molar-refractivity contribution in [3.05, 3.63) is 16.1 Å². The van der Waals surface area contributed by atoms with Crippen molar-refractivity contribution in [1.82, 2.24) is 10.3 Å². The van der Waals surface area contributed by atoms with Crippen molar-refractivity contribution >= 4 is 23.1 Å². The quantitative estimate of drug-likeness (QED) is 0.761. The second kappa shape index (κ2) is 6.43. The van der Waals surface area contributed by atoms with Gasteiger partial charge in [0.05, 0.1) is 11.2 Å². The summed E-state index contributed by atoms with van der Waals surface area (Å²) in [6.45, 7) is 6.40.